The number of nitrogens with zero attached hydrogens (tertiary/aromatic N) is 1. The summed E-state index contributed by atoms with van der Waals surface area (Å²) in [5.74, 6) is -1.39. The first kappa shape index (κ1) is 13.0. The van der Waals surface area contributed by atoms with Gasteiger partial charge < -0.3 is 10.4 Å². The van der Waals surface area contributed by atoms with Crippen LogP contribution in [0.25, 0.3) is 0 Å². The van der Waals surface area contributed by atoms with Crippen molar-refractivity contribution in [2.45, 2.75) is 39.2 Å². The van der Waals surface area contributed by atoms with Crippen LogP contribution in [0.2, 0.25) is 0 Å². The second kappa shape index (κ2) is 5.06. The second-order valence-corrected chi connectivity index (χ2v) is 5.70. The number of aliphatic carboxylic acids is 1. The lowest BCUT2D eigenvalue weighted by molar-refractivity contribution is -0.162. The molecule has 2 N–H and O–H groups in total. The minimum atomic E-state index is -1.19. The molecule has 0 unspecified atom stereocenters. The highest BCUT2D eigenvalue weighted by Crippen LogP contribution is 2.41. The molecule has 1 fully saturated rings. The number of amides is 1. The van der Waals surface area contributed by atoms with Crippen LogP contribution in [0.15, 0.2) is 6.20 Å². The zero-order valence-corrected chi connectivity index (χ0v) is 11.0. The maximum absolute atomic E-state index is 11.9. The molecule has 6 heteroatoms. The topological polar surface area (TPSA) is 79.3 Å². The highest BCUT2D eigenvalue weighted by molar-refractivity contribution is 7.11. The van der Waals surface area contributed by atoms with E-state index in [1.54, 1.807) is 17.5 Å². The van der Waals surface area contributed by atoms with Crippen LogP contribution < -0.4 is 5.32 Å². The number of aromatic nitrogens is 1. The molecule has 0 bridgehead atoms. The fourth-order valence-corrected chi connectivity index (χ4v) is 2.79. The van der Waals surface area contributed by atoms with Crippen LogP contribution in [0.3, 0.4) is 0 Å². The number of carboxylic acids is 1. The van der Waals surface area contributed by atoms with E-state index in [4.69, 9.17) is 5.11 Å². The molecule has 1 saturated carbocycles. The van der Waals surface area contributed by atoms with Crippen molar-refractivity contribution in [2.24, 2.45) is 5.41 Å². The van der Waals surface area contributed by atoms with E-state index in [1.807, 2.05) is 6.92 Å². The second-order valence-electron chi connectivity index (χ2n) is 4.50. The summed E-state index contributed by atoms with van der Waals surface area (Å²) in [5, 5.41) is 12.6. The Kier molecular flexibility index (Phi) is 3.65. The van der Waals surface area contributed by atoms with Gasteiger partial charge in [0.2, 0.25) is 5.91 Å². The number of carbonyl (C=O) groups is 2. The smallest absolute Gasteiger partial charge is 0.319 e. The SMILES string of the molecule is CCc1cnc(CNC(=O)C2(C(=O)O)CCC2)s1. The summed E-state index contributed by atoms with van der Waals surface area (Å²) in [5.41, 5.74) is -1.19. The minimum Gasteiger partial charge on any atom is -0.480 e. The number of carboxylic acid groups (broad SMARTS) is 1. The van der Waals surface area contributed by atoms with Crippen molar-refractivity contribution in [3.8, 4) is 0 Å². The summed E-state index contributed by atoms with van der Waals surface area (Å²) >= 11 is 1.55. The third-order valence-corrected chi connectivity index (χ3v) is 4.54. The van der Waals surface area contributed by atoms with Crippen molar-refractivity contribution >= 4 is 23.2 Å². The summed E-state index contributed by atoms with van der Waals surface area (Å²) < 4.78 is 0. The predicted molar refractivity (Wildman–Crippen MR) is 67.3 cm³/mol. The molecule has 0 saturated heterocycles. The van der Waals surface area contributed by atoms with E-state index in [0.717, 1.165) is 22.7 Å². The molecule has 1 aliphatic rings. The van der Waals surface area contributed by atoms with E-state index in [-0.39, 0.29) is 5.91 Å². The number of carbonyl (C=O) groups excluding carboxylic acids is 1. The first-order valence-corrected chi connectivity index (χ1v) is 6.85. The average Bonchev–Trinajstić information content (AvgIpc) is 2.72. The summed E-state index contributed by atoms with van der Waals surface area (Å²) in [6.45, 7) is 2.36. The monoisotopic (exact) mass is 268 g/mol. The molecule has 0 aromatic carbocycles. The van der Waals surface area contributed by atoms with Crippen molar-refractivity contribution in [1.82, 2.24) is 10.3 Å². The van der Waals surface area contributed by atoms with Crippen molar-refractivity contribution in [3.63, 3.8) is 0 Å². The van der Waals surface area contributed by atoms with Crippen LogP contribution in [0.4, 0.5) is 0 Å². The van der Waals surface area contributed by atoms with Gasteiger partial charge in [-0.1, -0.05) is 13.3 Å². The van der Waals surface area contributed by atoms with E-state index >= 15 is 0 Å². The van der Waals surface area contributed by atoms with E-state index < -0.39 is 11.4 Å². The van der Waals surface area contributed by atoms with Gasteiger partial charge in [-0.25, -0.2) is 4.98 Å². The molecule has 0 spiro atoms. The maximum atomic E-state index is 11.9. The van der Waals surface area contributed by atoms with Gasteiger partial charge >= 0.3 is 5.97 Å². The van der Waals surface area contributed by atoms with Crippen LogP contribution in [-0.4, -0.2) is 22.0 Å². The van der Waals surface area contributed by atoms with Gasteiger partial charge in [-0.05, 0) is 19.3 Å². The van der Waals surface area contributed by atoms with Crippen molar-refractivity contribution in [3.05, 3.63) is 16.1 Å². The number of hydrogen-bond donors (Lipinski definition) is 2. The number of hydrogen-bond acceptors (Lipinski definition) is 4. The minimum absolute atomic E-state index is 0.318. The highest BCUT2D eigenvalue weighted by Gasteiger charge is 2.51. The Bertz CT molecular complexity index is 466. The Labute approximate surface area is 109 Å². The van der Waals surface area contributed by atoms with Crippen LogP contribution in [0.1, 0.15) is 36.1 Å². The van der Waals surface area contributed by atoms with Crippen molar-refractivity contribution in [2.75, 3.05) is 0 Å². The predicted octanol–water partition coefficient (Wildman–Crippen LogP) is 1.58. The molecule has 0 radical (unpaired) electrons. The highest BCUT2D eigenvalue weighted by atomic mass is 32.1. The molecular formula is C12H16N2O3S. The standard InChI is InChI=1S/C12H16N2O3S/c1-2-8-6-13-9(18-8)7-14-10(15)12(11(16)17)4-3-5-12/h6H,2-5,7H2,1H3,(H,14,15)(H,16,17). The lowest BCUT2D eigenvalue weighted by atomic mass is 9.68. The Morgan fingerprint density at radius 2 is 2.28 bits per heavy atom. The van der Waals surface area contributed by atoms with E-state index in [0.29, 0.717) is 19.4 Å². The first-order valence-electron chi connectivity index (χ1n) is 6.04. The van der Waals surface area contributed by atoms with Crippen molar-refractivity contribution < 1.29 is 14.7 Å². The number of rotatable bonds is 5. The van der Waals surface area contributed by atoms with E-state index in [1.165, 1.54) is 0 Å². The van der Waals surface area contributed by atoms with Crippen LogP contribution in [0.5, 0.6) is 0 Å². The number of thiazole rings is 1. The summed E-state index contributed by atoms with van der Waals surface area (Å²) in [4.78, 5) is 28.4. The normalized spacial score (nSPS) is 16.9. The molecule has 1 aliphatic carbocycles. The maximum Gasteiger partial charge on any atom is 0.319 e. The molecule has 0 aliphatic heterocycles. The fraction of sp³-hybridized carbons (Fsp3) is 0.583. The molecule has 2 rings (SSSR count). The van der Waals surface area contributed by atoms with E-state index in [2.05, 4.69) is 10.3 Å². The summed E-state index contributed by atoms with van der Waals surface area (Å²) in [6.07, 6.45) is 4.39. The van der Waals surface area contributed by atoms with Crippen LogP contribution in [0, 0.1) is 5.41 Å². The van der Waals surface area contributed by atoms with Gasteiger partial charge in [-0.3, -0.25) is 9.59 Å². The molecular weight excluding hydrogens is 252 g/mol. The fourth-order valence-electron chi connectivity index (χ4n) is 1.99. The van der Waals surface area contributed by atoms with Crippen molar-refractivity contribution in [1.29, 1.82) is 0 Å². The quantitative estimate of drug-likeness (QED) is 0.795. The first-order chi connectivity index (χ1) is 8.58. The summed E-state index contributed by atoms with van der Waals surface area (Å²) in [6, 6.07) is 0. The summed E-state index contributed by atoms with van der Waals surface area (Å²) in [7, 11) is 0. The number of aryl methyl sites for hydroxylation is 1. The Morgan fingerprint density at radius 3 is 2.72 bits per heavy atom. The molecule has 0 atom stereocenters. The van der Waals surface area contributed by atoms with Gasteiger partial charge in [0.15, 0.2) is 0 Å². The molecule has 1 amide bonds. The van der Waals surface area contributed by atoms with Gasteiger partial charge in [-0.15, -0.1) is 11.3 Å². The zero-order valence-electron chi connectivity index (χ0n) is 10.2. The van der Waals surface area contributed by atoms with Crippen LogP contribution >= 0.6 is 11.3 Å². The van der Waals surface area contributed by atoms with Gasteiger partial charge in [-0.2, -0.15) is 0 Å². The van der Waals surface area contributed by atoms with Crippen LogP contribution in [-0.2, 0) is 22.6 Å². The third kappa shape index (κ3) is 2.25. The van der Waals surface area contributed by atoms with E-state index in [9.17, 15) is 9.59 Å². The Morgan fingerprint density at radius 1 is 1.56 bits per heavy atom. The average molecular weight is 268 g/mol. The lowest BCUT2D eigenvalue weighted by Crippen LogP contribution is -2.50. The van der Waals surface area contributed by atoms with Gasteiger partial charge in [0.05, 0.1) is 6.54 Å². The molecule has 1 aromatic rings. The molecule has 18 heavy (non-hydrogen) atoms. The Hall–Kier alpha value is -1.43. The molecule has 1 heterocycles. The molecule has 1 aromatic heterocycles. The molecule has 5 nitrogen and oxygen atoms in total. The third-order valence-electron chi connectivity index (χ3n) is 3.40. The zero-order chi connectivity index (χ0) is 13.2. The largest absolute Gasteiger partial charge is 0.480 e. The molecule has 98 valence electrons. The lowest BCUT2D eigenvalue weighted by Gasteiger charge is -2.35. The van der Waals surface area contributed by atoms with Gasteiger partial charge in [0.25, 0.3) is 0 Å². The number of nitrogens with one attached hydrogen (secondary N) is 1. The van der Waals surface area contributed by atoms with Gasteiger partial charge in [0.1, 0.15) is 10.4 Å². The van der Waals surface area contributed by atoms with Gasteiger partial charge in [0, 0.05) is 11.1 Å². The Balaban J connectivity index is 1.93.